The molecule has 4 rings (SSSR count). The molecule has 136 valence electrons. The van der Waals surface area contributed by atoms with E-state index >= 15 is 0 Å². The Morgan fingerprint density at radius 1 is 1.50 bits per heavy atom. The van der Waals surface area contributed by atoms with E-state index in [2.05, 4.69) is 27.4 Å². The Balaban J connectivity index is 1.60. The number of hydrogen-bond acceptors (Lipinski definition) is 9. The number of aromatic nitrogens is 3. The van der Waals surface area contributed by atoms with Crippen LogP contribution >= 0.6 is 23.1 Å². The van der Waals surface area contributed by atoms with Crippen LogP contribution in [0.1, 0.15) is 28.8 Å². The number of rotatable bonds is 3. The number of thiazole rings is 1. The third kappa shape index (κ3) is 3.19. The third-order valence-electron chi connectivity index (χ3n) is 4.54. The van der Waals surface area contributed by atoms with Crippen molar-refractivity contribution >= 4 is 40.0 Å². The maximum absolute atomic E-state index is 12.3. The summed E-state index contributed by atoms with van der Waals surface area (Å²) in [4.78, 5) is 21.6. The molecule has 1 saturated heterocycles. The maximum Gasteiger partial charge on any atom is 0.277 e. The predicted molar refractivity (Wildman–Crippen MR) is 101 cm³/mol. The van der Waals surface area contributed by atoms with Crippen molar-refractivity contribution in [2.24, 2.45) is 16.6 Å². The monoisotopic (exact) mass is 390 g/mol. The summed E-state index contributed by atoms with van der Waals surface area (Å²) in [7, 11) is 0. The van der Waals surface area contributed by atoms with Gasteiger partial charge in [-0.2, -0.15) is 5.10 Å². The number of carbonyl (C=O) groups excluding carboxylic acids is 1. The second kappa shape index (κ2) is 6.93. The summed E-state index contributed by atoms with van der Waals surface area (Å²) in [6, 6.07) is 3.26. The highest BCUT2D eigenvalue weighted by Crippen LogP contribution is 2.46. The lowest BCUT2D eigenvalue weighted by molar-refractivity contribution is -0.0466. The molecule has 1 fully saturated rings. The second-order valence-electron chi connectivity index (χ2n) is 6.34. The lowest BCUT2D eigenvalue weighted by Gasteiger charge is -2.44. The number of amides is 1. The molecule has 0 spiro atoms. The normalized spacial score (nSPS) is 28.1. The quantitative estimate of drug-likeness (QED) is 0.822. The number of thioether (sulfide) groups is 1. The van der Waals surface area contributed by atoms with Gasteiger partial charge in [0.25, 0.3) is 5.91 Å². The first-order chi connectivity index (χ1) is 12.6. The van der Waals surface area contributed by atoms with Crippen molar-refractivity contribution in [2.75, 3.05) is 17.7 Å². The number of anilines is 1. The van der Waals surface area contributed by atoms with Crippen molar-refractivity contribution < 1.29 is 9.53 Å². The Bertz CT molecular complexity index is 842. The van der Waals surface area contributed by atoms with Gasteiger partial charge in [-0.1, -0.05) is 11.8 Å². The summed E-state index contributed by atoms with van der Waals surface area (Å²) >= 11 is 3.04. The number of nitrogens with two attached hydrogens (primary N) is 1. The average molecular weight is 390 g/mol. The SMILES string of the molecule is CC1CC2CSC(N)=NC2(c2nc(NC(=O)c3cccnn3)cs2)CO1. The van der Waals surface area contributed by atoms with Crippen LogP contribution in [0, 0.1) is 5.92 Å². The van der Waals surface area contributed by atoms with Gasteiger partial charge in [0.1, 0.15) is 16.4 Å². The molecule has 10 heteroatoms. The summed E-state index contributed by atoms with van der Waals surface area (Å²) in [6.45, 7) is 2.52. The molecule has 0 aromatic carbocycles. The first-order valence-electron chi connectivity index (χ1n) is 8.21. The average Bonchev–Trinajstić information content (AvgIpc) is 3.12. The van der Waals surface area contributed by atoms with Gasteiger partial charge in [-0.05, 0) is 25.5 Å². The molecule has 2 aliphatic heterocycles. The van der Waals surface area contributed by atoms with Crippen molar-refractivity contribution in [2.45, 2.75) is 25.0 Å². The molecule has 3 N–H and O–H groups in total. The molecular formula is C16H18N6O2S2. The maximum atomic E-state index is 12.3. The summed E-state index contributed by atoms with van der Waals surface area (Å²) in [5.74, 6) is 1.32. The molecule has 2 aromatic rings. The zero-order valence-corrected chi connectivity index (χ0v) is 15.7. The van der Waals surface area contributed by atoms with Crippen LogP contribution in [0.15, 0.2) is 28.7 Å². The summed E-state index contributed by atoms with van der Waals surface area (Å²) in [6.07, 6.45) is 2.62. The van der Waals surface area contributed by atoms with Gasteiger partial charge in [0.05, 0.1) is 12.7 Å². The summed E-state index contributed by atoms with van der Waals surface area (Å²) in [5.41, 5.74) is 5.68. The lowest BCUT2D eigenvalue weighted by atomic mass is 9.80. The fourth-order valence-corrected chi connectivity index (χ4v) is 5.18. The van der Waals surface area contributed by atoms with Gasteiger partial charge in [-0.25, -0.2) is 9.98 Å². The Morgan fingerprint density at radius 2 is 2.38 bits per heavy atom. The first kappa shape index (κ1) is 17.4. The highest BCUT2D eigenvalue weighted by molar-refractivity contribution is 8.13. The van der Waals surface area contributed by atoms with E-state index in [1.54, 1.807) is 29.3 Å². The lowest BCUT2D eigenvalue weighted by Crippen LogP contribution is -2.49. The molecule has 3 atom stereocenters. The van der Waals surface area contributed by atoms with Gasteiger partial charge in [-0.3, -0.25) is 4.79 Å². The summed E-state index contributed by atoms with van der Waals surface area (Å²) in [5, 5.41) is 13.5. The number of hydrogen-bond donors (Lipinski definition) is 2. The number of aliphatic imine (C=N–C) groups is 1. The van der Waals surface area contributed by atoms with Crippen LogP contribution in [0.25, 0.3) is 0 Å². The van der Waals surface area contributed by atoms with Crippen LogP contribution in [0.3, 0.4) is 0 Å². The third-order valence-corrected chi connectivity index (χ3v) is 6.51. The zero-order valence-electron chi connectivity index (χ0n) is 14.1. The molecule has 0 aliphatic carbocycles. The van der Waals surface area contributed by atoms with Crippen LogP contribution in [0.2, 0.25) is 0 Å². The number of amidine groups is 1. The van der Waals surface area contributed by atoms with Crippen molar-refractivity contribution in [3.63, 3.8) is 0 Å². The van der Waals surface area contributed by atoms with Crippen LogP contribution in [0.5, 0.6) is 0 Å². The largest absolute Gasteiger partial charge is 0.379 e. The van der Waals surface area contributed by atoms with E-state index in [-0.39, 0.29) is 17.7 Å². The molecule has 4 heterocycles. The Labute approximate surface area is 158 Å². The van der Waals surface area contributed by atoms with Crippen molar-refractivity contribution in [1.82, 2.24) is 15.2 Å². The molecule has 3 unspecified atom stereocenters. The van der Waals surface area contributed by atoms with Gasteiger partial charge in [-0.15, -0.1) is 16.4 Å². The van der Waals surface area contributed by atoms with Crippen molar-refractivity contribution in [3.05, 3.63) is 34.4 Å². The topological polar surface area (TPSA) is 115 Å². The number of carbonyl (C=O) groups is 1. The number of nitrogens with one attached hydrogen (secondary N) is 1. The smallest absolute Gasteiger partial charge is 0.277 e. The Morgan fingerprint density at radius 3 is 3.19 bits per heavy atom. The van der Waals surface area contributed by atoms with Crippen molar-refractivity contribution in [3.8, 4) is 0 Å². The highest BCUT2D eigenvalue weighted by Gasteiger charge is 2.49. The highest BCUT2D eigenvalue weighted by atomic mass is 32.2. The van der Waals surface area contributed by atoms with E-state index < -0.39 is 5.54 Å². The fraction of sp³-hybridized carbons (Fsp3) is 0.438. The molecule has 8 nitrogen and oxygen atoms in total. The second-order valence-corrected chi connectivity index (χ2v) is 8.24. The molecular weight excluding hydrogens is 372 g/mol. The first-order valence-corrected chi connectivity index (χ1v) is 10.1. The molecule has 1 amide bonds. The molecule has 26 heavy (non-hydrogen) atoms. The van der Waals surface area contributed by atoms with Crippen LogP contribution in [0.4, 0.5) is 5.82 Å². The van der Waals surface area contributed by atoms with Crippen molar-refractivity contribution in [1.29, 1.82) is 0 Å². The molecule has 2 aliphatic rings. The minimum absolute atomic E-state index is 0.194. The van der Waals surface area contributed by atoms with E-state index in [0.29, 0.717) is 23.5 Å². The molecule has 2 aromatic heterocycles. The van der Waals surface area contributed by atoms with E-state index in [1.165, 1.54) is 17.5 Å². The van der Waals surface area contributed by atoms with E-state index in [4.69, 9.17) is 15.5 Å². The van der Waals surface area contributed by atoms with Gasteiger partial charge < -0.3 is 15.8 Å². The number of fused-ring (bicyclic) bond motifs is 1. The number of nitrogens with zero attached hydrogens (tertiary/aromatic N) is 4. The van der Waals surface area contributed by atoms with Gasteiger partial charge in [0, 0.05) is 23.2 Å². The van der Waals surface area contributed by atoms with E-state index in [0.717, 1.165) is 17.2 Å². The number of ether oxygens (including phenoxy) is 1. The van der Waals surface area contributed by atoms with Crippen LogP contribution in [-0.2, 0) is 10.3 Å². The van der Waals surface area contributed by atoms with Crippen LogP contribution in [-0.4, -0.2) is 44.7 Å². The van der Waals surface area contributed by atoms with E-state index in [1.807, 2.05) is 0 Å². The van der Waals surface area contributed by atoms with E-state index in [9.17, 15) is 4.79 Å². The fourth-order valence-electron chi connectivity index (χ4n) is 3.21. The Hall–Kier alpha value is -2.04. The standard InChI is InChI=1S/C16H18N6O2S2/c1-9-5-10-6-26-15(17)21-16(10,8-24-9)14-20-12(7-25-14)19-13(23)11-3-2-4-18-22-11/h2-4,7,9-10H,5-6,8H2,1H3,(H2,17,21)(H,19,23). The molecule has 0 radical (unpaired) electrons. The van der Waals surface area contributed by atoms with Crippen LogP contribution < -0.4 is 11.1 Å². The molecule has 0 bridgehead atoms. The minimum atomic E-state index is -0.567. The minimum Gasteiger partial charge on any atom is -0.379 e. The summed E-state index contributed by atoms with van der Waals surface area (Å²) < 4.78 is 5.90. The zero-order chi connectivity index (χ0) is 18.1. The predicted octanol–water partition coefficient (Wildman–Crippen LogP) is 1.87. The molecule has 0 saturated carbocycles. The van der Waals surface area contributed by atoms with Gasteiger partial charge in [0.15, 0.2) is 10.9 Å². The van der Waals surface area contributed by atoms with Gasteiger partial charge >= 0.3 is 0 Å². The Kier molecular flexibility index (Phi) is 4.63. The van der Waals surface area contributed by atoms with Gasteiger partial charge in [0.2, 0.25) is 0 Å².